The molecule has 6 heteroatoms. The maximum Gasteiger partial charge on any atom is 0.224 e. The van der Waals surface area contributed by atoms with Crippen molar-refractivity contribution in [2.45, 2.75) is 19.8 Å². The van der Waals surface area contributed by atoms with Crippen LogP contribution in [0.4, 0.5) is 5.69 Å². The van der Waals surface area contributed by atoms with E-state index in [1.807, 2.05) is 20.0 Å². The summed E-state index contributed by atoms with van der Waals surface area (Å²) in [6, 6.07) is 10.4. The number of nitrogens with zero attached hydrogens (tertiary/aromatic N) is 1. The quantitative estimate of drug-likeness (QED) is 0.673. The number of para-hydroxylation sites is 1. The highest BCUT2D eigenvalue weighted by Crippen LogP contribution is 2.11. The maximum absolute atomic E-state index is 11.7. The van der Waals surface area contributed by atoms with Crippen LogP contribution >= 0.6 is 24.8 Å². The van der Waals surface area contributed by atoms with Crippen LogP contribution in [0.3, 0.4) is 0 Å². The summed E-state index contributed by atoms with van der Waals surface area (Å²) in [5.41, 5.74) is 1.24. The van der Waals surface area contributed by atoms with E-state index in [2.05, 4.69) is 46.8 Å². The zero-order valence-electron chi connectivity index (χ0n) is 13.7. The Morgan fingerprint density at radius 2 is 1.82 bits per heavy atom. The molecule has 4 nitrogen and oxygen atoms in total. The van der Waals surface area contributed by atoms with Gasteiger partial charge in [-0.2, -0.15) is 0 Å². The Morgan fingerprint density at radius 3 is 2.41 bits per heavy atom. The molecule has 128 valence electrons. The van der Waals surface area contributed by atoms with Crippen LogP contribution < -0.4 is 15.5 Å². The Morgan fingerprint density at radius 1 is 1.18 bits per heavy atom. The van der Waals surface area contributed by atoms with E-state index < -0.39 is 0 Å². The van der Waals surface area contributed by atoms with Crippen LogP contribution in [-0.4, -0.2) is 39.6 Å². The number of anilines is 1. The summed E-state index contributed by atoms with van der Waals surface area (Å²) in [6.07, 6.45) is 2.08. The highest BCUT2D eigenvalue weighted by molar-refractivity contribution is 5.85. The number of carbonyl (C=O) groups excluding carboxylic acids is 1. The summed E-state index contributed by atoms with van der Waals surface area (Å²) in [5.74, 6) is 0.169. The fourth-order valence-electron chi connectivity index (χ4n) is 2.07. The molecule has 0 heterocycles. The molecule has 1 rings (SSSR count). The molecule has 0 aliphatic carbocycles. The zero-order valence-corrected chi connectivity index (χ0v) is 15.3. The molecule has 2 N–H and O–H groups in total. The van der Waals surface area contributed by atoms with E-state index in [-0.39, 0.29) is 36.6 Å². The first kappa shape index (κ1) is 23.3. The van der Waals surface area contributed by atoms with Gasteiger partial charge in [0.15, 0.2) is 0 Å². The van der Waals surface area contributed by atoms with Crippen molar-refractivity contribution in [2.24, 2.45) is 5.92 Å². The van der Waals surface area contributed by atoms with Crippen molar-refractivity contribution in [3.63, 3.8) is 0 Å². The maximum atomic E-state index is 11.7. The smallest absolute Gasteiger partial charge is 0.224 e. The second-order valence-corrected chi connectivity index (χ2v) is 5.21. The highest BCUT2D eigenvalue weighted by atomic mass is 35.5. The summed E-state index contributed by atoms with van der Waals surface area (Å²) in [6.45, 7) is 4.43. The topological polar surface area (TPSA) is 44.4 Å². The monoisotopic (exact) mass is 349 g/mol. The van der Waals surface area contributed by atoms with Crippen LogP contribution in [0.5, 0.6) is 0 Å². The Kier molecular flexibility index (Phi) is 14.5. The molecular weight excluding hydrogens is 321 g/mol. The van der Waals surface area contributed by atoms with E-state index in [1.165, 1.54) is 5.69 Å². The van der Waals surface area contributed by atoms with Gasteiger partial charge in [0.2, 0.25) is 5.91 Å². The number of benzene rings is 1. The third-order valence-corrected chi connectivity index (χ3v) is 3.37. The van der Waals surface area contributed by atoms with Gasteiger partial charge in [0.05, 0.1) is 0 Å². The molecule has 0 bridgehead atoms. The third kappa shape index (κ3) is 9.13. The largest absolute Gasteiger partial charge is 0.375 e. The van der Waals surface area contributed by atoms with Crippen LogP contribution in [0.1, 0.15) is 19.8 Å². The fraction of sp³-hybridized carbons (Fsp3) is 0.562. The number of unbranched alkanes of at least 4 members (excludes halogenated alkanes) is 1. The van der Waals surface area contributed by atoms with Crippen molar-refractivity contribution in [3.8, 4) is 0 Å². The third-order valence-electron chi connectivity index (χ3n) is 3.37. The number of amides is 1. The number of hydrogen-bond acceptors (Lipinski definition) is 3. The lowest BCUT2D eigenvalue weighted by molar-refractivity contribution is -0.124. The van der Waals surface area contributed by atoms with Gasteiger partial charge < -0.3 is 15.5 Å². The minimum absolute atomic E-state index is 0. The van der Waals surface area contributed by atoms with E-state index in [0.29, 0.717) is 0 Å². The summed E-state index contributed by atoms with van der Waals surface area (Å²) >= 11 is 0. The van der Waals surface area contributed by atoms with E-state index in [0.717, 1.165) is 32.5 Å². The van der Waals surface area contributed by atoms with Crippen molar-refractivity contribution in [3.05, 3.63) is 30.3 Å². The van der Waals surface area contributed by atoms with Crippen LogP contribution in [0.15, 0.2) is 30.3 Å². The molecule has 0 radical (unpaired) electrons. The lowest BCUT2D eigenvalue weighted by Crippen LogP contribution is -2.35. The molecule has 1 atom stereocenters. The average molecular weight is 350 g/mol. The summed E-state index contributed by atoms with van der Waals surface area (Å²) < 4.78 is 0. The molecular formula is C16H29Cl2N3O. The minimum atomic E-state index is 0. The second kappa shape index (κ2) is 13.7. The Hall–Kier alpha value is -0.970. The summed E-state index contributed by atoms with van der Waals surface area (Å²) in [4.78, 5) is 13.9. The molecule has 0 saturated heterocycles. The number of hydrogen-bond donors (Lipinski definition) is 2. The number of carbonyl (C=O) groups is 1. The van der Waals surface area contributed by atoms with Gasteiger partial charge in [-0.05, 0) is 32.0 Å². The first-order valence-electron chi connectivity index (χ1n) is 7.33. The Balaban J connectivity index is 0. The summed E-state index contributed by atoms with van der Waals surface area (Å²) in [5, 5.41) is 6.00. The minimum Gasteiger partial charge on any atom is -0.375 e. The zero-order chi connectivity index (χ0) is 14.8. The standard InChI is InChI=1S/C16H27N3O.2ClH/c1-14(13-17-2)16(20)18-11-7-8-12-19(3)15-9-5-4-6-10-15;;/h4-6,9-10,14,17H,7-8,11-13H2,1-3H3,(H,18,20);2*1H. The van der Waals surface area contributed by atoms with Gasteiger partial charge in [-0.15, -0.1) is 24.8 Å². The molecule has 0 saturated carbocycles. The molecule has 0 aromatic heterocycles. The molecule has 1 unspecified atom stereocenters. The van der Waals surface area contributed by atoms with E-state index in [4.69, 9.17) is 0 Å². The van der Waals surface area contributed by atoms with Gasteiger partial charge in [-0.25, -0.2) is 0 Å². The van der Waals surface area contributed by atoms with E-state index in [1.54, 1.807) is 0 Å². The molecule has 0 fully saturated rings. The van der Waals surface area contributed by atoms with Gasteiger partial charge in [0.1, 0.15) is 0 Å². The van der Waals surface area contributed by atoms with Gasteiger partial charge in [0.25, 0.3) is 0 Å². The molecule has 0 aliphatic heterocycles. The van der Waals surface area contributed by atoms with E-state index >= 15 is 0 Å². The Labute approximate surface area is 146 Å². The predicted octanol–water partition coefficient (Wildman–Crippen LogP) is 2.72. The molecule has 0 spiro atoms. The predicted molar refractivity (Wildman–Crippen MR) is 99.5 cm³/mol. The van der Waals surface area contributed by atoms with Crippen molar-refractivity contribution in [1.29, 1.82) is 0 Å². The van der Waals surface area contributed by atoms with Crippen LogP contribution in [0.2, 0.25) is 0 Å². The van der Waals surface area contributed by atoms with Gasteiger partial charge in [-0.1, -0.05) is 25.1 Å². The SMILES string of the molecule is CNCC(C)C(=O)NCCCCN(C)c1ccccc1.Cl.Cl. The lowest BCUT2D eigenvalue weighted by Gasteiger charge is -2.19. The molecule has 22 heavy (non-hydrogen) atoms. The fourth-order valence-corrected chi connectivity index (χ4v) is 2.07. The van der Waals surface area contributed by atoms with Crippen LogP contribution in [-0.2, 0) is 4.79 Å². The Bertz CT molecular complexity index is 390. The van der Waals surface area contributed by atoms with Crippen molar-refractivity contribution >= 4 is 36.4 Å². The summed E-state index contributed by atoms with van der Waals surface area (Å²) in [7, 11) is 3.96. The molecule has 1 aromatic carbocycles. The van der Waals surface area contributed by atoms with Crippen molar-refractivity contribution in [1.82, 2.24) is 10.6 Å². The number of rotatable bonds is 9. The second-order valence-electron chi connectivity index (χ2n) is 5.21. The molecule has 0 aliphatic rings. The van der Waals surface area contributed by atoms with Crippen molar-refractivity contribution < 1.29 is 4.79 Å². The lowest BCUT2D eigenvalue weighted by atomic mass is 10.1. The van der Waals surface area contributed by atoms with Crippen molar-refractivity contribution in [2.75, 3.05) is 38.6 Å². The first-order valence-corrected chi connectivity index (χ1v) is 7.33. The van der Waals surface area contributed by atoms with Gasteiger partial charge in [-0.3, -0.25) is 4.79 Å². The van der Waals surface area contributed by atoms with Gasteiger partial charge in [0, 0.05) is 38.3 Å². The molecule has 1 aromatic rings. The van der Waals surface area contributed by atoms with Crippen LogP contribution in [0, 0.1) is 5.92 Å². The highest BCUT2D eigenvalue weighted by Gasteiger charge is 2.10. The van der Waals surface area contributed by atoms with Crippen LogP contribution in [0.25, 0.3) is 0 Å². The number of nitrogens with one attached hydrogen (secondary N) is 2. The average Bonchev–Trinajstić information content (AvgIpc) is 2.47. The van der Waals surface area contributed by atoms with Gasteiger partial charge >= 0.3 is 0 Å². The first-order chi connectivity index (χ1) is 9.65. The van der Waals surface area contributed by atoms with E-state index in [9.17, 15) is 4.79 Å². The molecule has 1 amide bonds. The number of halogens is 2. The normalized spacial score (nSPS) is 10.9.